The molecule has 1 heterocycles. The highest BCUT2D eigenvalue weighted by Gasteiger charge is 2.22. The summed E-state index contributed by atoms with van der Waals surface area (Å²) >= 11 is 0. The molecule has 3 nitrogen and oxygen atoms in total. The van der Waals surface area contributed by atoms with Crippen LogP contribution in [0, 0.1) is 0 Å². The molecule has 78 valence electrons. The van der Waals surface area contributed by atoms with Crippen LogP contribution in [0.15, 0.2) is 23.8 Å². The van der Waals surface area contributed by atoms with Gasteiger partial charge < -0.3 is 9.84 Å². The van der Waals surface area contributed by atoms with Crippen LogP contribution < -0.4 is 0 Å². The molecule has 0 saturated carbocycles. The Hall–Kier alpha value is -1.09. The Morgan fingerprint density at radius 3 is 3.00 bits per heavy atom. The first-order valence-corrected chi connectivity index (χ1v) is 4.98. The van der Waals surface area contributed by atoms with Crippen LogP contribution in [0.5, 0.6) is 0 Å². The minimum atomic E-state index is -0.451. The van der Waals surface area contributed by atoms with E-state index in [1.54, 1.807) is 12.2 Å². The zero-order valence-corrected chi connectivity index (χ0v) is 8.40. The van der Waals surface area contributed by atoms with Gasteiger partial charge in [-0.15, -0.1) is 0 Å². The van der Waals surface area contributed by atoms with Crippen molar-refractivity contribution in [3.63, 3.8) is 0 Å². The predicted octanol–water partition coefficient (Wildman–Crippen LogP) is 1.58. The van der Waals surface area contributed by atoms with E-state index in [4.69, 9.17) is 9.84 Å². The number of cyclic esters (lactones) is 1. The van der Waals surface area contributed by atoms with Crippen LogP contribution in [0.2, 0.25) is 0 Å². The van der Waals surface area contributed by atoms with Gasteiger partial charge >= 0.3 is 5.97 Å². The third-order valence-corrected chi connectivity index (χ3v) is 2.06. The molecule has 14 heavy (non-hydrogen) atoms. The molecule has 1 aliphatic rings. The highest BCUT2D eigenvalue weighted by atomic mass is 16.6. The Kier molecular flexibility index (Phi) is 4.40. The van der Waals surface area contributed by atoms with Crippen LogP contribution in [0.1, 0.15) is 26.2 Å². The average molecular weight is 196 g/mol. The summed E-state index contributed by atoms with van der Waals surface area (Å²) < 4.78 is 4.85. The largest absolute Gasteiger partial charge is 0.452 e. The molecule has 0 saturated heterocycles. The van der Waals surface area contributed by atoms with Gasteiger partial charge in [0.1, 0.15) is 6.10 Å². The van der Waals surface area contributed by atoms with E-state index in [2.05, 4.69) is 6.92 Å². The second-order valence-corrected chi connectivity index (χ2v) is 3.29. The van der Waals surface area contributed by atoms with Crippen LogP contribution in [0.25, 0.3) is 0 Å². The maximum absolute atomic E-state index is 11.2. The lowest BCUT2D eigenvalue weighted by molar-refractivity contribution is -0.140. The van der Waals surface area contributed by atoms with Gasteiger partial charge in [-0.1, -0.05) is 31.9 Å². The number of ether oxygens (including phenoxy) is 1. The summed E-state index contributed by atoms with van der Waals surface area (Å²) in [6.45, 7) is 1.98. The molecule has 0 fully saturated rings. The van der Waals surface area contributed by atoms with Crippen LogP contribution in [0.3, 0.4) is 0 Å². The summed E-state index contributed by atoms with van der Waals surface area (Å²) in [6, 6.07) is 0. The second-order valence-electron chi connectivity index (χ2n) is 3.29. The van der Waals surface area contributed by atoms with Gasteiger partial charge in [0, 0.05) is 0 Å². The zero-order valence-electron chi connectivity index (χ0n) is 8.40. The molecule has 0 aromatic carbocycles. The first kappa shape index (κ1) is 11.0. The van der Waals surface area contributed by atoms with Crippen LogP contribution >= 0.6 is 0 Å². The van der Waals surface area contributed by atoms with Crippen molar-refractivity contribution in [2.45, 2.75) is 32.3 Å². The van der Waals surface area contributed by atoms with E-state index >= 15 is 0 Å². The SMILES string of the molecule is CCCC/C=C\C1=C[C@@H](CO)OC1=O. The van der Waals surface area contributed by atoms with Gasteiger partial charge in [0.05, 0.1) is 12.2 Å². The van der Waals surface area contributed by atoms with Crippen molar-refractivity contribution in [1.82, 2.24) is 0 Å². The number of rotatable bonds is 5. The van der Waals surface area contributed by atoms with Crippen LogP contribution in [-0.4, -0.2) is 23.8 Å². The maximum Gasteiger partial charge on any atom is 0.338 e. The molecule has 3 heteroatoms. The van der Waals surface area contributed by atoms with E-state index in [0.717, 1.165) is 19.3 Å². The van der Waals surface area contributed by atoms with Crippen molar-refractivity contribution in [2.75, 3.05) is 6.61 Å². The average Bonchev–Trinajstić information content (AvgIpc) is 2.54. The Balaban J connectivity index is 2.43. The van der Waals surface area contributed by atoms with Gasteiger partial charge in [-0.05, 0) is 12.5 Å². The number of hydrogen-bond donors (Lipinski definition) is 1. The number of esters is 1. The Bertz CT molecular complexity index is 253. The summed E-state index contributed by atoms with van der Waals surface area (Å²) in [7, 11) is 0. The molecule has 0 aromatic rings. The van der Waals surface area contributed by atoms with E-state index < -0.39 is 6.10 Å². The smallest absolute Gasteiger partial charge is 0.338 e. The molecule has 0 spiro atoms. The molecular formula is C11H16O3. The van der Waals surface area contributed by atoms with Crippen molar-refractivity contribution in [3.05, 3.63) is 23.8 Å². The van der Waals surface area contributed by atoms with E-state index in [1.807, 2.05) is 6.08 Å². The predicted molar refractivity (Wildman–Crippen MR) is 53.7 cm³/mol. The lowest BCUT2D eigenvalue weighted by Gasteiger charge is -2.00. The third-order valence-electron chi connectivity index (χ3n) is 2.06. The summed E-state index contributed by atoms with van der Waals surface area (Å²) in [5.41, 5.74) is 0.556. The molecule has 0 bridgehead atoms. The highest BCUT2D eigenvalue weighted by molar-refractivity contribution is 5.93. The van der Waals surface area contributed by atoms with Crippen molar-refractivity contribution < 1.29 is 14.6 Å². The lowest BCUT2D eigenvalue weighted by atomic mass is 10.2. The number of carbonyl (C=O) groups excluding carboxylic acids is 1. The van der Waals surface area contributed by atoms with Crippen molar-refractivity contribution in [3.8, 4) is 0 Å². The molecule has 1 aliphatic heterocycles. The number of unbranched alkanes of at least 4 members (excludes halogenated alkanes) is 2. The fourth-order valence-electron chi connectivity index (χ4n) is 1.25. The number of aliphatic hydroxyl groups is 1. The first-order valence-electron chi connectivity index (χ1n) is 4.98. The number of allylic oxidation sites excluding steroid dienone is 1. The molecular weight excluding hydrogens is 180 g/mol. The zero-order chi connectivity index (χ0) is 10.4. The topological polar surface area (TPSA) is 46.5 Å². The molecule has 0 unspecified atom stereocenters. The number of hydrogen-bond acceptors (Lipinski definition) is 3. The normalized spacial score (nSPS) is 21.4. The monoisotopic (exact) mass is 196 g/mol. The van der Waals surface area contributed by atoms with Gasteiger partial charge in [-0.3, -0.25) is 0 Å². The van der Waals surface area contributed by atoms with Crippen LogP contribution in [0.4, 0.5) is 0 Å². The first-order chi connectivity index (χ1) is 6.77. The Labute approximate surface area is 84.1 Å². The summed E-state index contributed by atoms with van der Waals surface area (Å²) in [4.78, 5) is 11.2. The van der Waals surface area contributed by atoms with Gasteiger partial charge in [-0.25, -0.2) is 4.79 Å². The molecule has 0 radical (unpaired) electrons. The fraction of sp³-hybridized carbons (Fsp3) is 0.545. The summed E-state index contributed by atoms with van der Waals surface area (Å²) in [6.07, 6.45) is 8.20. The highest BCUT2D eigenvalue weighted by Crippen LogP contribution is 2.14. The van der Waals surface area contributed by atoms with Crippen molar-refractivity contribution >= 4 is 5.97 Å². The standard InChI is InChI=1S/C11H16O3/c1-2-3-4-5-6-9-7-10(8-12)14-11(9)13/h5-7,10,12H,2-4,8H2,1H3/b6-5-/t10-/m0/s1. The minimum Gasteiger partial charge on any atom is -0.452 e. The molecule has 0 amide bonds. The summed E-state index contributed by atoms with van der Waals surface area (Å²) in [5, 5.41) is 8.77. The Morgan fingerprint density at radius 2 is 2.43 bits per heavy atom. The fourth-order valence-corrected chi connectivity index (χ4v) is 1.25. The lowest BCUT2D eigenvalue weighted by Crippen LogP contribution is -2.11. The number of aliphatic hydroxyl groups excluding tert-OH is 1. The third kappa shape index (κ3) is 3.00. The van der Waals surface area contributed by atoms with E-state index in [9.17, 15) is 4.79 Å². The quantitative estimate of drug-likeness (QED) is 0.536. The molecule has 0 aliphatic carbocycles. The van der Waals surface area contributed by atoms with Gasteiger partial charge in [0.2, 0.25) is 0 Å². The van der Waals surface area contributed by atoms with E-state index in [0.29, 0.717) is 5.57 Å². The van der Waals surface area contributed by atoms with E-state index in [1.165, 1.54) is 0 Å². The molecule has 1 rings (SSSR count). The van der Waals surface area contributed by atoms with Crippen LogP contribution in [-0.2, 0) is 9.53 Å². The number of carbonyl (C=O) groups is 1. The van der Waals surface area contributed by atoms with Gasteiger partial charge in [-0.2, -0.15) is 0 Å². The van der Waals surface area contributed by atoms with E-state index in [-0.39, 0.29) is 12.6 Å². The second kappa shape index (κ2) is 5.60. The minimum absolute atomic E-state index is 0.141. The van der Waals surface area contributed by atoms with Crippen molar-refractivity contribution in [2.24, 2.45) is 0 Å². The van der Waals surface area contributed by atoms with Crippen molar-refractivity contribution in [1.29, 1.82) is 0 Å². The van der Waals surface area contributed by atoms with Gasteiger partial charge in [0.15, 0.2) is 0 Å². The van der Waals surface area contributed by atoms with Gasteiger partial charge in [0.25, 0.3) is 0 Å². The maximum atomic E-state index is 11.2. The molecule has 1 atom stereocenters. The summed E-state index contributed by atoms with van der Waals surface area (Å²) in [5.74, 6) is -0.336. The molecule has 1 N–H and O–H groups in total. The molecule has 0 aromatic heterocycles. The Morgan fingerprint density at radius 1 is 1.64 bits per heavy atom.